The van der Waals surface area contributed by atoms with E-state index in [9.17, 15) is 35.9 Å². The van der Waals surface area contributed by atoms with Gasteiger partial charge in [0, 0.05) is 23.4 Å². The molecular formula is C30H24F6N2O6. The monoisotopic (exact) mass is 622 g/mol. The van der Waals surface area contributed by atoms with Gasteiger partial charge >= 0.3 is 12.7 Å². The summed E-state index contributed by atoms with van der Waals surface area (Å²) in [5, 5.41) is 2.79. The number of alkyl halides is 6. The van der Waals surface area contributed by atoms with Gasteiger partial charge in [-0.3, -0.25) is 14.6 Å². The largest absolute Gasteiger partial charge is 0.573 e. The zero-order valence-electron chi connectivity index (χ0n) is 23.1. The maximum absolute atomic E-state index is 13.6. The summed E-state index contributed by atoms with van der Waals surface area (Å²) in [5.74, 6) is -2.74. The molecule has 1 N–H and O–H groups in total. The first kappa shape index (κ1) is 31.9. The number of ether oxygens (including phenoxy) is 4. The van der Waals surface area contributed by atoms with Crippen molar-refractivity contribution >= 4 is 23.8 Å². The van der Waals surface area contributed by atoms with Crippen LogP contribution in [-0.2, 0) is 4.79 Å². The van der Waals surface area contributed by atoms with Crippen LogP contribution in [0.15, 0.2) is 71.9 Å². The zero-order valence-corrected chi connectivity index (χ0v) is 23.1. The molecule has 0 bridgehead atoms. The Kier molecular flexibility index (Phi) is 9.50. The number of rotatable bonds is 8. The van der Waals surface area contributed by atoms with Crippen LogP contribution in [0.4, 0.5) is 26.3 Å². The number of nitrogens with one attached hydrogen (secondary N) is 1. The first-order chi connectivity index (χ1) is 20.7. The molecule has 0 saturated heterocycles. The molecular weight excluding hydrogens is 598 g/mol. The zero-order chi connectivity index (χ0) is 32.1. The van der Waals surface area contributed by atoms with Crippen LogP contribution in [0.2, 0.25) is 0 Å². The lowest BCUT2D eigenvalue weighted by Crippen LogP contribution is -2.39. The number of carbonyl (C=O) groups is 2. The van der Waals surface area contributed by atoms with E-state index in [0.29, 0.717) is 0 Å². The van der Waals surface area contributed by atoms with Gasteiger partial charge in [-0.1, -0.05) is 18.2 Å². The van der Waals surface area contributed by atoms with Crippen LogP contribution < -0.4 is 24.3 Å². The topological polar surface area (TPSA) is 96.0 Å². The molecule has 1 aromatic heterocycles. The molecule has 0 aliphatic heterocycles. The SMILES string of the molecule is COc1ccc(/C=C2\CC(NC(=O)c3ccccn3)C/C(=C\c3ccc(OC)c(OC(F)(F)F)c3)C2=O)cc1OC(F)(F)F. The van der Waals surface area contributed by atoms with Crippen LogP contribution in [0.1, 0.15) is 34.5 Å². The van der Waals surface area contributed by atoms with Gasteiger partial charge in [-0.15, -0.1) is 26.3 Å². The van der Waals surface area contributed by atoms with E-state index in [1.54, 1.807) is 12.1 Å². The number of amides is 1. The third-order valence-corrected chi connectivity index (χ3v) is 6.26. The van der Waals surface area contributed by atoms with Gasteiger partial charge in [-0.2, -0.15) is 0 Å². The van der Waals surface area contributed by atoms with Gasteiger partial charge < -0.3 is 24.3 Å². The second-order valence-electron chi connectivity index (χ2n) is 9.38. The minimum atomic E-state index is -5.01. The Morgan fingerprint density at radius 1 is 0.795 bits per heavy atom. The molecule has 1 fully saturated rings. The summed E-state index contributed by atoms with van der Waals surface area (Å²) in [7, 11) is 2.33. The Bertz CT molecular complexity index is 1500. The van der Waals surface area contributed by atoms with Gasteiger partial charge in [-0.25, -0.2) is 0 Å². The normalized spacial score (nSPS) is 17.4. The van der Waals surface area contributed by atoms with E-state index in [2.05, 4.69) is 19.8 Å². The van der Waals surface area contributed by atoms with E-state index in [4.69, 9.17) is 9.47 Å². The first-order valence-electron chi connectivity index (χ1n) is 12.8. The molecule has 0 spiro atoms. The molecule has 1 heterocycles. The van der Waals surface area contributed by atoms with E-state index in [1.807, 2.05) is 0 Å². The molecule has 1 saturated carbocycles. The fourth-order valence-corrected chi connectivity index (χ4v) is 4.48. The van der Waals surface area contributed by atoms with E-state index >= 15 is 0 Å². The van der Waals surface area contributed by atoms with E-state index in [0.717, 1.165) is 26.4 Å². The Labute approximate surface area is 246 Å². The summed E-state index contributed by atoms with van der Waals surface area (Å²) in [6, 6.07) is 11.4. The predicted molar refractivity (Wildman–Crippen MR) is 145 cm³/mol. The summed E-state index contributed by atoms with van der Waals surface area (Å²) < 4.78 is 95.8. The highest BCUT2D eigenvalue weighted by molar-refractivity contribution is 6.14. The molecule has 0 radical (unpaired) electrons. The van der Waals surface area contributed by atoms with Crippen LogP contribution >= 0.6 is 0 Å². The Hall–Kier alpha value is -5.01. The van der Waals surface area contributed by atoms with Gasteiger partial charge in [-0.05, 0) is 72.5 Å². The standard InChI is InChI=1S/C30H24F6N2O6/c1-41-23-8-6-17(13-25(23)43-29(31,32)33)11-19-15-21(38-28(40)22-5-3-4-10-37-22)16-20(27(19)39)12-18-7-9-24(42-2)26(14-18)44-30(34,35)36/h3-14,21H,15-16H2,1-2H3,(H,38,40)/b19-11+,20-12+. The summed E-state index contributed by atoms with van der Waals surface area (Å²) >= 11 is 0. The molecule has 2 aromatic carbocycles. The van der Waals surface area contributed by atoms with Crippen molar-refractivity contribution in [2.75, 3.05) is 14.2 Å². The summed E-state index contributed by atoms with van der Waals surface area (Å²) in [5.41, 5.74) is 0.646. The molecule has 1 aliphatic rings. The molecule has 8 nitrogen and oxygen atoms in total. The van der Waals surface area contributed by atoms with E-state index < -0.39 is 42.0 Å². The Balaban J connectivity index is 1.73. The number of halogens is 6. The number of benzene rings is 2. The first-order valence-corrected chi connectivity index (χ1v) is 12.8. The average Bonchev–Trinajstić information content (AvgIpc) is 2.94. The molecule has 0 atom stereocenters. The van der Waals surface area contributed by atoms with Crippen LogP contribution in [0.5, 0.6) is 23.0 Å². The van der Waals surface area contributed by atoms with Crippen molar-refractivity contribution in [3.8, 4) is 23.0 Å². The number of methoxy groups -OCH3 is 2. The average molecular weight is 623 g/mol. The number of pyridine rings is 1. The Morgan fingerprint density at radius 3 is 1.70 bits per heavy atom. The fourth-order valence-electron chi connectivity index (χ4n) is 4.48. The number of carbonyl (C=O) groups excluding carboxylic acids is 2. The molecule has 232 valence electrons. The number of nitrogens with zero attached hydrogens (tertiary/aromatic N) is 1. The third-order valence-electron chi connectivity index (χ3n) is 6.26. The van der Waals surface area contributed by atoms with Crippen LogP contribution in [-0.4, -0.2) is 49.7 Å². The fraction of sp³-hybridized carbons (Fsp3) is 0.233. The smallest absolute Gasteiger partial charge is 0.493 e. The van der Waals surface area contributed by atoms with Gasteiger partial charge in [0.05, 0.1) is 14.2 Å². The summed E-state index contributed by atoms with van der Waals surface area (Å²) in [6.07, 6.45) is -5.95. The van der Waals surface area contributed by atoms with Crippen molar-refractivity contribution in [3.05, 3.63) is 88.8 Å². The molecule has 44 heavy (non-hydrogen) atoms. The molecule has 14 heteroatoms. The molecule has 1 aliphatic carbocycles. The molecule has 4 rings (SSSR count). The maximum atomic E-state index is 13.6. The molecule has 1 amide bonds. The van der Waals surface area contributed by atoms with Crippen molar-refractivity contribution in [3.63, 3.8) is 0 Å². The number of ketones is 1. The highest BCUT2D eigenvalue weighted by atomic mass is 19.4. The lowest BCUT2D eigenvalue weighted by molar-refractivity contribution is -0.276. The quantitative estimate of drug-likeness (QED) is 0.226. The summed E-state index contributed by atoms with van der Waals surface area (Å²) in [6.45, 7) is 0. The highest BCUT2D eigenvalue weighted by Gasteiger charge is 2.34. The lowest BCUT2D eigenvalue weighted by atomic mass is 9.83. The van der Waals surface area contributed by atoms with Crippen molar-refractivity contribution in [2.24, 2.45) is 0 Å². The number of aromatic nitrogens is 1. The highest BCUT2D eigenvalue weighted by Crippen LogP contribution is 2.37. The third kappa shape index (κ3) is 8.52. The second kappa shape index (κ2) is 13.1. The van der Waals surface area contributed by atoms with Crippen LogP contribution in [0.3, 0.4) is 0 Å². The summed E-state index contributed by atoms with van der Waals surface area (Å²) in [4.78, 5) is 30.4. The predicted octanol–water partition coefficient (Wildman–Crippen LogP) is 6.52. The van der Waals surface area contributed by atoms with Gasteiger partial charge in [0.25, 0.3) is 5.91 Å². The molecule has 0 unspecified atom stereocenters. The van der Waals surface area contributed by atoms with Crippen molar-refractivity contribution in [2.45, 2.75) is 31.6 Å². The van der Waals surface area contributed by atoms with Crippen molar-refractivity contribution < 1.29 is 54.9 Å². The maximum Gasteiger partial charge on any atom is 0.573 e. The van der Waals surface area contributed by atoms with Crippen LogP contribution in [0, 0.1) is 0 Å². The van der Waals surface area contributed by atoms with E-state index in [1.165, 1.54) is 48.7 Å². The number of hydrogen-bond donors (Lipinski definition) is 1. The Morgan fingerprint density at radius 2 is 1.30 bits per heavy atom. The van der Waals surface area contributed by atoms with Crippen molar-refractivity contribution in [1.29, 1.82) is 0 Å². The van der Waals surface area contributed by atoms with E-state index in [-0.39, 0.29) is 52.3 Å². The number of hydrogen-bond acceptors (Lipinski definition) is 7. The minimum absolute atomic E-state index is 0.0126. The molecule has 3 aromatic rings. The second-order valence-corrected chi connectivity index (χ2v) is 9.38. The lowest BCUT2D eigenvalue weighted by Gasteiger charge is -2.27. The van der Waals surface area contributed by atoms with Gasteiger partial charge in [0.15, 0.2) is 28.8 Å². The minimum Gasteiger partial charge on any atom is -0.493 e. The van der Waals surface area contributed by atoms with Gasteiger partial charge in [0.2, 0.25) is 0 Å². The van der Waals surface area contributed by atoms with Crippen molar-refractivity contribution in [1.82, 2.24) is 10.3 Å². The van der Waals surface area contributed by atoms with Gasteiger partial charge in [0.1, 0.15) is 5.69 Å². The van der Waals surface area contributed by atoms with Crippen LogP contribution in [0.25, 0.3) is 12.2 Å². The number of Topliss-reactive ketones (excluding diaryl/α,β-unsaturated/α-hetero) is 1.